The SMILES string of the molecule is CCCCCCCCOC(=O)c1c(Cl)ccc(Cl)c1OC. The van der Waals surface area contributed by atoms with Crippen molar-refractivity contribution in [2.24, 2.45) is 0 Å². The predicted molar refractivity (Wildman–Crippen MR) is 86.7 cm³/mol. The lowest BCUT2D eigenvalue weighted by atomic mass is 10.1. The van der Waals surface area contributed by atoms with Crippen LogP contribution in [0.15, 0.2) is 12.1 Å². The Bertz CT molecular complexity index is 461. The fraction of sp³-hybridized carbons (Fsp3) is 0.562. The quantitative estimate of drug-likeness (QED) is 0.441. The number of hydrogen-bond donors (Lipinski definition) is 0. The summed E-state index contributed by atoms with van der Waals surface area (Å²) in [5.74, 6) is -0.231. The summed E-state index contributed by atoms with van der Waals surface area (Å²) in [7, 11) is 1.45. The normalized spacial score (nSPS) is 10.5. The number of benzene rings is 1. The first-order valence-corrected chi connectivity index (χ1v) is 8.06. The lowest BCUT2D eigenvalue weighted by Gasteiger charge is -2.11. The van der Waals surface area contributed by atoms with E-state index >= 15 is 0 Å². The summed E-state index contributed by atoms with van der Waals surface area (Å²) in [5.41, 5.74) is 0.192. The van der Waals surface area contributed by atoms with Gasteiger partial charge in [-0.2, -0.15) is 0 Å². The highest BCUT2D eigenvalue weighted by molar-refractivity contribution is 6.37. The van der Waals surface area contributed by atoms with Crippen molar-refractivity contribution in [1.82, 2.24) is 0 Å². The van der Waals surface area contributed by atoms with Crippen molar-refractivity contribution in [1.29, 1.82) is 0 Å². The van der Waals surface area contributed by atoms with Crippen LogP contribution >= 0.6 is 23.2 Å². The highest BCUT2D eigenvalue weighted by Gasteiger charge is 2.20. The molecule has 0 N–H and O–H groups in total. The lowest BCUT2D eigenvalue weighted by molar-refractivity contribution is 0.0494. The van der Waals surface area contributed by atoms with Crippen LogP contribution in [0.3, 0.4) is 0 Å². The summed E-state index contributed by atoms with van der Waals surface area (Å²) in [5, 5.41) is 0.623. The zero-order valence-electron chi connectivity index (χ0n) is 12.6. The molecule has 21 heavy (non-hydrogen) atoms. The lowest BCUT2D eigenvalue weighted by Crippen LogP contribution is -2.09. The maximum atomic E-state index is 12.1. The number of ether oxygens (including phenoxy) is 2. The molecule has 1 aromatic carbocycles. The number of methoxy groups -OCH3 is 1. The molecule has 0 bridgehead atoms. The van der Waals surface area contributed by atoms with Crippen LogP contribution in [-0.2, 0) is 4.74 Å². The van der Waals surface area contributed by atoms with E-state index in [1.54, 1.807) is 12.1 Å². The second kappa shape index (κ2) is 9.91. The molecule has 0 atom stereocenters. The first-order chi connectivity index (χ1) is 10.1. The van der Waals surface area contributed by atoms with E-state index in [0.29, 0.717) is 11.6 Å². The van der Waals surface area contributed by atoms with Crippen LogP contribution < -0.4 is 4.74 Å². The summed E-state index contributed by atoms with van der Waals surface area (Å²) in [6.45, 7) is 2.57. The first-order valence-electron chi connectivity index (χ1n) is 7.31. The zero-order valence-corrected chi connectivity index (χ0v) is 14.1. The number of esters is 1. The Morgan fingerprint density at radius 3 is 2.33 bits per heavy atom. The molecule has 3 nitrogen and oxygen atoms in total. The Morgan fingerprint density at radius 2 is 1.67 bits per heavy atom. The third-order valence-electron chi connectivity index (χ3n) is 3.20. The molecule has 0 aromatic heterocycles. The van der Waals surface area contributed by atoms with Crippen LogP contribution in [0.2, 0.25) is 10.0 Å². The van der Waals surface area contributed by atoms with E-state index < -0.39 is 5.97 Å². The van der Waals surface area contributed by atoms with E-state index in [2.05, 4.69) is 6.92 Å². The van der Waals surface area contributed by atoms with Crippen molar-refractivity contribution in [3.8, 4) is 5.75 Å². The number of hydrogen-bond acceptors (Lipinski definition) is 3. The number of rotatable bonds is 9. The van der Waals surface area contributed by atoms with E-state index in [9.17, 15) is 4.79 Å². The number of carbonyl (C=O) groups is 1. The van der Waals surface area contributed by atoms with E-state index in [1.807, 2.05) is 0 Å². The average molecular weight is 333 g/mol. The molecule has 0 radical (unpaired) electrons. The third kappa shape index (κ3) is 5.76. The van der Waals surface area contributed by atoms with Crippen molar-refractivity contribution >= 4 is 29.2 Å². The number of carbonyl (C=O) groups excluding carboxylic acids is 1. The highest BCUT2D eigenvalue weighted by Crippen LogP contribution is 2.34. The van der Waals surface area contributed by atoms with E-state index in [4.69, 9.17) is 32.7 Å². The fourth-order valence-corrected chi connectivity index (χ4v) is 2.50. The van der Waals surface area contributed by atoms with Gasteiger partial charge in [0.25, 0.3) is 0 Å². The van der Waals surface area contributed by atoms with Gasteiger partial charge in [-0.1, -0.05) is 62.2 Å². The molecule has 0 aliphatic heterocycles. The second-order valence-corrected chi connectivity index (χ2v) is 5.66. The molecule has 0 aliphatic rings. The molecule has 0 aliphatic carbocycles. The van der Waals surface area contributed by atoms with Gasteiger partial charge >= 0.3 is 5.97 Å². The minimum absolute atomic E-state index is 0.192. The van der Waals surface area contributed by atoms with Gasteiger partial charge in [-0.3, -0.25) is 0 Å². The van der Waals surface area contributed by atoms with Crippen LogP contribution in [0, 0.1) is 0 Å². The van der Waals surface area contributed by atoms with Crippen molar-refractivity contribution < 1.29 is 14.3 Å². The van der Waals surface area contributed by atoms with Gasteiger partial charge in [0, 0.05) is 0 Å². The smallest absolute Gasteiger partial charge is 0.343 e. The van der Waals surface area contributed by atoms with Gasteiger partial charge in [-0.15, -0.1) is 0 Å². The molecule has 0 fully saturated rings. The summed E-state index contributed by atoms with van der Waals surface area (Å²) in [4.78, 5) is 12.1. The van der Waals surface area contributed by atoms with E-state index in [0.717, 1.165) is 12.8 Å². The summed E-state index contributed by atoms with van der Waals surface area (Å²) in [6, 6.07) is 3.15. The molecule has 0 spiro atoms. The molecule has 0 amide bonds. The maximum Gasteiger partial charge on any atom is 0.343 e. The molecule has 0 saturated heterocycles. The molecular formula is C16H22Cl2O3. The Hall–Kier alpha value is -0.930. The minimum atomic E-state index is -0.493. The molecular weight excluding hydrogens is 311 g/mol. The van der Waals surface area contributed by atoms with Crippen molar-refractivity contribution in [2.75, 3.05) is 13.7 Å². The summed E-state index contributed by atoms with van der Waals surface area (Å²) < 4.78 is 10.4. The number of halogens is 2. The standard InChI is InChI=1S/C16H22Cl2O3/c1-3-4-5-6-7-8-11-21-16(19)14-12(17)9-10-13(18)15(14)20-2/h9-10H,3-8,11H2,1-2H3. The summed E-state index contributed by atoms with van der Waals surface area (Å²) >= 11 is 12.0. The van der Waals surface area contributed by atoms with Gasteiger partial charge in [0.15, 0.2) is 5.75 Å². The van der Waals surface area contributed by atoms with Crippen LogP contribution in [0.25, 0.3) is 0 Å². The fourth-order valence-electron chi connectivity index (χ4n) is 2.04. The number of unbranched alkanes of at least 4 members (excludes halogenated alkanes) is 5. The Kier molecular flexibility index (Phi) is 8.55. The Morgan fingerprint density at radius 1 is 1.05 bits per heavy atom. The van der Waals surface area contributed by atoms with E-state index in [1.165, 1.54) is 32.8 Å². The Labute approximate surface area is 136 Å². The predicted octanol–water partition coefficient (Wildman–Crippen LogP) is 5.52. The minimum Gasteiger partial charge on any atom is -0.494 e. The molecule has 1 aromatic rings. The molecule has 0 heterocycles. The molecule has 1 rings (SSSR count). The second-order valence-electron chi connectivity index (χ2n) is 4.84. The van der Waals surface area contributed by atoms with Crippen LogP contribution in [-0.4, -0.2) is 19.7 Å². The van der Waals surface area contributed by atoms with Gasteiger partial charge in [-0.05, 0) is 18.6 Å². The van der Waals surface area contributed by atoms with E-state index in [-0.39, 0.29) is 16.3 Å². The molecule has 5 heteroatoms. The van der Waals surface area contributed by atoms with Gasteiger partial charge < -0.3 is 9.47 Å². The first kappa shape index (κ1) is 18.1. The topological polar surface area (TPSA) is 35.5 Å². The average Bonchev–Trinajstić information content (AvgIpc) is 2.48. The summed E-state index contributed by atoms with van der Waals surface area (Å²) in [6.07, 6.45) is 6.81. The van der Waals surface area contributed by atoms with Crippen molar-refractivity contribution in [2.45, 2.75) is 45.4 Å². The van der Waals surface area contributed by atoms with Gasteiger partial charge in [-0.25, -0.2) is 4.79 Å². The van der Waals surface area contributed by atoms with Gasteiger partial charge in [0.2, 0.25) is 0 Å². The largest absolute Gasteiger partial charge is 0.494 e. The monoisotopic (exact) mass is 332 g/mol. The van der Waals surface area contributed by atoms with Crippen LogP contribution in [0.4, 0.5) is 0 Å². The maximum absolute atomic E-state index is 12.1. The van der Waals surface area contributed by atoms with Crippen LogP contribution in [0.5, 0.6) is 5.75 Å². The molecule has 118 valence electrons. The van der Waals surface area contributed by atoms with Crippen molar-refractivity contribution in [3.63, 3.8) is 0 Å². The Balaban J connectivity index is 2.47. The highest BCUT2D eigenvalue weighted by atomic mass is 35.5. The van der Waals surface area contributed by atoms with Crippen LogP contribution in [0.1, 0.15) is 55.8 Å². The van der Waals surface area contributed by atoms with Gasteiger partial charge in [0.05, 0.1) is 23.8 Å². The van der Waals surface area contributed by atoms with Gasteiger partial charge in [0.1, 0.15) is 5.56 Å². The molecule has 0 unspecified atom stereocenters. The molecule has 0 saturated carbocycles. The third-order valence-corrected chi connectivity index (χ3v) is 3.81. The van der Waals surface area contributed by atoms with Crippen molar-refractivity contribution in [3.05, 3.63) is 27.7 Å². The zero-order chi connectivity index (χ0) is 15.7.